The van der Waals surface area contributed by atoms with Crippen molar-refractivity contribution in [2.45, 2.75) is 207 Å². The average molecular weight is 518 g/mol. The van der Waals surface area contributed by atoms with Gasteiger partial charge in [0, 0.05) is 6.42 Å². The molecule has 0 amide bonds. The van der Waals surface area contributed by atoms with Crippen LogP contribution in [0, 0.1) is 0 Å². The Morgan fingerprint density at radius 2 is 0.838 bits per heavy atom. The highest BCUT2D eigenvalue weighted by Crippen LogP contribution is 2.14. The number of nitrogens with zero attached hydrogens (tertiary/aromatic N) is 2. The van der Waals surface area contributed by atoms with Gasteiger partial charge in [0.1, 0.15) is 12.4 Å². The van der Waals surface area contributed by atoms with Crippen LogP contribution in [-0.2, 0) is 19.5 Å². The molecule has 37 heavy (non-hydrogen) atoms. The largest absolute Gasteiger partial charge is 0.256 e. The summed E-state index contributed by atoms with van der Waals surface area (Å²) < 4.78 is 5.22. The Morgan fingerprint density at radius 1 is 0.459 bits per heavy atom. The molecule has 0 N–H and O–H groups in total. The molecular formula is C35H69N2+. The second kappa shape index (κ2) is 26.8. The molecule has 0 saturated carbocycles. The van der Waals surface area contributed by atoms with Crippen LogP contribution in [0.25, 0.3) is 0 Å². The maximum absolute atomic E-state index is 2.61. The Balaban J connectivity index is 2.25. The Labute approximate surface area is 234 Å². The van der Waals surface area contributed by atoms with Gasteiger partial charge in [0.25, 0.3) is 5.82 Å². The first-order chi connectivity index (χ1) is 18.3. The molecule has 0 fully saturated rings. The van der Waals surface area contributed by atoms with Gasteiger partial charge in [-0.2, -0.15) is 0 Å². The fourth-order valence-electron chi connectivity index (χ4n) is 5.80. The minimum Gasteiger partial charge on any atom is -0.234 e. The first-order valence-corrected chi connectivity index (χ1v) is 17.4. The van der Waals surface area contributed by atoms with Gasteiger partial charge in [-0.1, -0.05) is 156 Å². The average Bonchev–Trinajstić information content (AvgIpc) is 3.29. The van der Waals surface area contributed by atoms with Crippen molar-refractivity contribution in [3.63, 3.8) is 0 Å². The van der Waals surface area contributed by atoms with Gasteiger partial charge >= 0.3 is 0 Å². The molecule has 0 spiro atoms. The van der Waals surface area contributed by atoms with E-state index in [1.807, 2.05) is 0 Å². The molecule has 2 nitrogen and oxygen atoms in total. The van der Waals surface area contributed by atoms with Crippen LogP contribution in [0.2, 0.25) is 0 Å². The first-order valence-electron chi connectivity index (χ1n) is 17.4. The number of aromatic nitrogens is 2. The molecule has 0 aliphatic rings. The van der Waals surface area contributed by atoms with Crippen LogP contribution in [0.5, 0.6) is 0 Å². The zero-order valence-corrected chi connectivity index (χ0v) is 26.1. The SMILES string of the molecule is CCCCCCCCCCCCCC[n+]1ccn(CCCCCC)c1CCCCCCCCCCCC. The van der Waals surface area contributed by atoms with Gasteiger partial charge in [-0.05, 0) is 32.1 Å². The van der Waals surface area contributed by atoms with Gasteiger partial charge in [-0.3, -0.25) is 0 Å². The summed E-state index contributed by atoms with van der Waals surface area (Å²) in [5.74, 6) is 1.61. The monoisotopic (exact) mass is 518 g/mol. The number of hydrogen-bond acceptors (Lipinski definition) is 0. The second-order valence-corrected chi connectivity index (χ2v) is 12.0. The molecule has 0 aliphatic heterocycles. The van der Waals surface area contributed by atoms with E-state index < -0.39 is 0 Å². The molecule has 218 valence electrons. The standard InChI is InChI=1S/C35H69N2/c1-4-7-10-13-15-17-19-20-22-24-26-29-32-37-34-33-36(31-28-12-9-6-3)35(37)30-27-25-23-21-18-16-14-11-8-5-2/h33-34H,4-32H2,1-3H3/q+1. The Kier molecular flexibility index (Phi) is 24.8. The van der Waals surface area contributed by atoms with Crippen LogP contribution < -0.4 is 4.57 Å². The fraction of sp³-hybridized carbons (Fsp3) is 0.914. The Morgan fingerprint density at radius 3 is 1.30 bits per heavy atom. The zero-order valence-electron chi connectivity index (χ0n) is 26.1. The predicted octanol–water partition coefficient (Wildman–Crippen LogP) is 11.5. The summed E-state index contributed by atoms with van der Waals surface area (Å²) >= 11 is 0. The number of unbranched alkanes of at least 4 members (excludes halogenated alkanes) is 23. The summed E-state index contributed by atoms with van der Waals surface area (Å²) in [6, 6.07) is 0. The summed E-state index contributed by atoms with van der Waals surface area (Å²) in [5, 5.41) is 0. The van der Waals surface area contributed by atoms with Crippen LogP contribution in [0.3, 0.4) is 0 Å². The van der Waals surface area contributed by atoms with E-state index in [2.05, 4.69) is 42.3 Å². The summed E-state index contributed by atoms with van der Waals surface area (Å²) in [6.07, 6.45) is 43.0. The normalized spacial score (nSPS) is 11.5. The number of hydrogen-bond donors (Lipinski definition) is 0. The fourth-order valence-corrected chi connectivity index (χ4v) is 5.80. The number of aryl methyl sites for hydroxylation is 2. The third-order valence-corrected chi connectivity index (χ3v) is 8.35. The molecule has 1 aromatic heterocycles. The van der Waals surface area contributed by atoms with Crippen LogP contribution in [0.4, 0.5) is 0 Å². The molecule has 0 bridgehead atoms. The molecule has 0 unspecified atom stereocenters. The summed E-state index contributed by atoms with van der Waals surface area (Å²) in [4.78, 5) is 0. The van der Waals surface area contributed by atoms with Gasteiger partial charge in [0.05, 0.1) is 13.1 Å². The molecule has 0 aliphatic carbocycles. The lowest BCUT2D eigenvalue weighted by Gasteiger charge is -2.07. The molecule has 0 radical (unpaired) electrons. The van der Waals surface area contributed by atoms with Gasteiger partial charge in [0.2, 0.25) is 0 Å². The molecule has 2 heteroatoms. The van der Waals surface area contributed by atoms with E-state index >= 15 is 0 Å². The van der Waals surface area contributed by atoms with Crippen molar-refractivity contribution >= 4 is 0 Å². The van der Waals surface area contributed by atoms with E-state index in [-0.39, 0.29) is 0 Å². The lowest BCUT2D eigenvalue weighted by molar-refractivity contribution is -0.704. The highest BCUT2D eigenvalue weighted by atomic mass is 15.1. The van der Waals surface area contributed by atoms with Crippen molar-refractivity contribution in [3.05, 3.63) is 18.2 Å². The van der Waals surface area contributed by atoms with Crippen molar-refractivity contribution in [1.82, 2.24) is 4.57 Å². The van der Waals surface area contributed by atoms with Gasteiger partial charge in [0.15, 0.2) is 0 Å². The first kappa shape index (κ1) is 34.2. The van der Waals surface area contributed by atoms with E-state index in [0.717, 1.165) is 0 Å². The van der Waals surface area contributed by atoms with Crippen LogP contribution in [0.15, 0.2) is 12.4 Å². The summed E-state index contributed by atoms with van der Waals surface area (Å²) in [6.45, 7) is 9.38. The maximum Gasteiger partial charge on any atom is 0.256 e. The van der Waals surface area contributed by atoms with Crippen molar-refractivity contribution < 1.29 is 4.57 Å². The zero-order chi connectivity index (χ0) is 26.7. The maximum atomic E-state index is 2.61. The predicted molar refractivity (Wildman–Crippen MR) is 165 cm³/mol. The van der Waals surface area contributed by atoms with Crippen LogP contribution >= 0.6 is 0 Å². The van der Waals surface area contributed by atoms with E-state index in [0.29, 0.717) is 0 Å². The van der Waals surface area contributed by atoms with Crippen LogP contribution in [-0.4, -0.2) is 4.57 Å². The Bertz CT molecular complexity index is 576. The molecule has 1 heterocycles. The highest BCUT2D eigenvalue weighted by molar-refractivity contribution is 4.84. The van der Waals surface area contributed by atoms with Crippen LogP contribution in [0.1, 0.15) is 194 Å². The second-order valence-electron chi connectivity index (χ2n) is 12.0. The van der Waals surface area contributed by atoms with Gasteiger partial charge in [-0.15, -0.1) is 0 Å². The highest BCUT2D eigenvalue weighted by Gasteiger charge is 2.16. The van der Waals surface area contributed by atoms with E-state index in [1.54, 1.807) is 5.82 Å². The lowest BCUT2D eigenvalue weighted by Crippen LogP contribution is -2.37. The Hall–Kier alpha value is -0.790. The van der Waals surface area contributed by atoms with Gasteiger partial charge < -0.3 is 0 Å². The minimum atomic E-state index is 1.22. The van der Waals surface area contributed by atoms with E-state index in [4.69, 9.17) is 0 Å². The minimum absolute atomic E-state index is 1.22. The molecule has 1 aromatic rings. The summed E-state index contributed by atoms with van der Waals surface area (Å²) in [5.41, 5.74) is 0. The third-order valence-electron chi connectivity index (χ3n) is 8.35. The topological polar surface area (TPSA) is 8.81 Å². The van der Waals surface area contributed by atoms with Crippen molar-refractivity contribution in [2.24, 2.45) is 0 Å². The third kappa shape index (κ3) is 19.9. The molecule has 1 rings (SSSR count). The molecule has 0 saturated heterocycles. The quantitative estimate of drug-likeness (QED) is 0.0737. The van der Waals surface area contributed by atoms with Crippen molar-refractivity contribution in [2.75, 3.05) is 0 Å². The molecule has 0 aromatic carbocycles. The van der Waals surface area contributed by atoms with Crippen molar-refractivity contribution in [1.29, 1.82) is 0 Å². The lowest BCUT2D eigenvalue weighted by atomic mass is 10.1. The number of rotatable bonds is 29. The van der Waals surface area contributed by atoms with E-state index in [9.17, 15) is 0 Å². The molecular weight excluding hydrogens is 448 g/mol. The smallest absolute Gasteiger partial charge is 0.234 e. The van der Waals surface area contributed by atoms with E-state index in [1.165, 1.54) is 186 Å². The van der Waals surface area contributed by atoms with Gasteiger partial charge in [-0.25, -0.2) is 9.13 Å². The summed E-state index contributed by atoms with van der Waals surface area (Å²) in [7, 11) is 0. The molecule has 0 atom stereocenters. The van der Waals surface area contributed by atoms with Crippen molar-refractivity contribution in [3.8, 4) is 0 Å². The number of imidazole rings is 1.